The lowest BCUT2D eigenvalue weighted by Crippen LogP contribution is -2.36. The highest BCUT2D eigenvalue weighted by molar-refractivity contribution is 7.48. The fraction of sp³-hybridized carbons (Fsp3) is 0.625. The van der Waals surface area contributed by atoms with Gasteiger partial charge < -0.3 is 35.5 Å². The average Bonchev–Trinajstić information content (AvgIpc) is 3.94. The second-order valence-corrected chi connectivity index (χ2v) is 19.2. The molecule has 4 aromatic rings. The number of aliphatic hydroxyl groups excluding tert-OH is 1. The van der Waals surface area contributed by atoms with Crippen LogP contribution in [0, 0.1) is 10.8 Å². The van der Waals surface area contributed by atoms with Crippen molar-refractivity contribution in [2.45, 2.75) is 90.7 Å². The monoisotopic (exact) mass is 904 g/mol. The molecule has 334 valence electrons. The lowest BCUT2D eigenvalue weighted by molar-refractivity contribution is -0.162. The number of aliphatic hydroxyl groups is 1. The van der Waals surface area contributed by atoms with E-state index in [4.69, 9.17) is 57.6 Å². The number of nitrogen functional groups attached to an aromatic ring is 2. The molecule has 6 N–H and O–H groups in total. The summed E-state index contributed by atoms with van der Waals surface area (Å²) in [6.07, 6.45) is -11.2. The summed E-state index contributed by atoms with van der Waals surface area (Å²) in [5.74, 6) is -1.92. The van der Waals surface area contributed by atoms with E-state index in [0.29, 0.717) is 0 Å². The molecule has 3 saturated heterocycles. The molecule has 3 aliphatic rings. The molecule has 0 aromatic carbocycles. The number of anilines is 2. The van der Waals surface area contributed by atoms with Crippen LogP contribution in [-0.4, -0.2) is 120 Å². The molecular formula is C32H43FN10O16P2. The van der Waals surface area contributed by atoms with Gasteiger partial charge in [-0.25, -0.2) is 42.5 Å². The minimum atomic E-state index is -5.14. The van der Waals surface area contributed by atoms with Crippen LogP contribution >= 0.6 is 15.6 Å². The lowest BCUT2D eigenvalue weighted by Gasteiger charge is -2.28. The first-order valence-corrected chi connectivity index (χ1v) is 21.3. The highest BCUT2D eigenvalue weighted by Gasteiger charge is 2.56. The van der Waals surface area contributed by atoms with Crippen molar-refractivity contribution in [1.29, 1.82) is 0 Å². The van der Waals surface area contributed by atoms with Crippen molar-refractivity contribution in [2.24, 2.45) is 10.8 Å². The molecule has 0 radical (unpaired) electrons. The SMILES string of the molecule is CC(C)(C)C(=O)OCOP1(=O)OC[C@H]2O[C@@H](n3cnc4c(=O)[nH]c(N)nc43)[C@@H](OP(=O)(OCOC(=O)C(C)(C)C)OC[C@H]3O[C@@H](n4cnc5c(N)ncnc54)[C@@H](F)C3O1)C2O. The smallest absolute Gasteiger partial charge is 0.437 e. The number of nitrogens with zero attached hydrogens (tertiary/aromatic N) is 7. The van der Waals surface area contributed by atoms with Crippen LogP contribution in [0.25, 0.3) is 22.3 Å². The highest BCUT2D eigenvalue weighted by atomic mass is 31.2. The van der Waals surface area contributed by atoms with Gasteiger partial charge in [-0.15, -0.1) is 0 Å². The molecule has 0 saturated carbocycles. The largest absolute Gasteiger partial charge is 0.478 e. The number of fused-ring (bicyclic) bond motifs is 5. The number of alkyl halides is 1. The third-order valence-corrected chi connectivity index (χ3v) is 12.1. The molecule has 2 bridgehead atoms. The predicted molar refractivity (Wildman–Crippen MR) is 201 cm³/mol. The number of H-pyrrole nitrogens is 1. The summed E-state index contributed by atoms with van der Waals surface area (Å²) in [6, 6.07) is 0. The third-order valence-electron chi connectivity index (χ3n) is 9.29. The molecule has 3 fully saturated rings. The van der Waals surface area contributed by atoms with Gasteiger partial charge in [-0.3, -0.25) is 46.6 Å². The van der Waals surface area contributed by atoms with Gasteiger partial charge in [-0.1, -0.05) is 0 Å². The summed E-state index contributed by atoms with van der Waals surface area (Å²) in [4.78, 5) is 60.4. The number of aromatic nitrogens is 8. The number of phosphoric ester groups is 2. The van der Waals surface area contributed by atoms with Gasteiger partial charge in [0.25, 0.3) is 5.56 Å². The van der Waals surface area contributed by atoms with Crippen LogP contribution in [-0.2, 0) is 64.8 Å². The van der Waals surface area contributed by atoms with Crippen molar-refractivity contribution in [1.82, 2.24) is 39.0 Å². The first kappa shape index (κ1) is 44.5. The van der Waals surface area contributed by atoms with Crippen LogP contribution in [0.1, 0.15) is 54.0 Å². The van der Waals surface area contributed by atoms with Crippen LogP contribution in [0.5, 0.6) is 0 Å². The number of carbonyl (C=O) groups is 2. The molecule has 0 amide bonds. The Morgan fingerprint density at radius 1 is 0.836 bits per heavy atom. The molecule has 26 nitrogen and oxygen atoms in total. The number of phosphoric acid groups is 2. The highest BCUT2D eigenvalue weighted by Crippen LogP contribution is 2.58. The van der Waals surface area contributed by atoms with Crippen LogP contribution in [0.3, 0.4) is 0 Å². The van der Waals surface area contributed by atoms with E-state index in [1.165, 1.54) is 0 Å². The maximum Gasteiger partial charge on any atom is 0.478 e. The Morgan fingerprint density at radius 2 is 1.38 bits per heavy atom. The lowest BCUT2D eigenvalue weighted by atomic mass is 9.98. The van der Waals surface area contributed by atoms with Gasteiger partial charge in [0.05, 0.1) is 36.7 Å². The van der Waals surface area contributed by atoms with Crippen molar-refractivity contribution in [3.63, 3.8) is 0 Å². The number of ether oxygens (including phenoxy) is 4. The molecule has 3 aliphatic heterocycles. The van der Waals surface area contributed by atoms with Gasteiger partial charge >= 0.3 is 27.6 Å². The average molecular weight is 905 g/mol. The van der Waals surface area contributed by atoms with E-state index in [1.807, 2.05) is 0 Å². The Kier molecular flexibility index (Phi) is 12.1. The molecule has 7 heterocycles. The van der Waals surface area contributed by atoms with Crippen LogP contribution in [0.15, 0.2) is 23.8 Å². The zero-order valence-electron chi connectivity index (χ0n) is 33.3. The molecule has 0 aliphatic carbocycles. The number of carbonyl (C=O) groups excluding carboxylic acids is 2. The van der Waals surface area contributed by atoms with Crippen molar-refractivity contribution in [3.05, 3.63) is 29.3 Å². The molecule has 0 spiro atoms. The Hall–Kier alpha value is -4.53. The Labute approximate surface area is 343 Å². The molecule has 10 atom stereocenters. The molecule has 61 heavy (non-hydrogen) atoms. The van der Waals surface area contributed by atoms with Gasteiger partial charge in [0.1, 0.15) is 42.4 Å². The maximum atomic E-state index is 16.8. The number of rotatable bonds is 8. The quantitative estimate of drug-likeness (QED) is 0.111. The summed E-state index contributed by atoms with van der Waals surface area (Å²) in [5.41, 5.74) is 8.65. The normalized spacial score (nSPS) is 31.3. The van der Waals surface area contributed by atoms with E-state index in [0.717, 1.165) is 28.1 Å². The van der Waals surface area contributed by atoms with Gasteiger partial charge in [-0.05, 0) is 41.5 Å². The molecule has 4 aromatic heterocycles. The van der Waals surface area contributed by atoms with E-state index < -0.39 is 120 Å². The zero-order chi connectivity index (χ0) is 44.2. The Balaban J connectivity index is 1.27. The van der Waals surface area contributed by atoms with Crippen LogP contribution in [0.2, 0.25) is 0 Å². The van der Waals surface area contributed by atoms with E-state index in [1.54, 1.807) is 41.5 Å². The van der Waals surface area contributed by atoms with Crippen molar-refractivity contribution >= 4 is 61.7 Å². The first-order valence-electron chi connectivity index (χ1n) is 18.4. The number of hydrogen-bond acceptors (Lipinski definition) is 23. The van der Waals surface area contributed by atoms with Crippen molar-refractivity contribution in [2.75, 3.05) is 38.3 Å². The first-order chi connectivity index (χ1) is 28.6. The fourth-order valence-corrected chi connectivity index (χ4v) is 8.59. The number of imidazole rings is 2. The van der Waals surface area contributed by atoms with E-state index in [2.05, 4.69) is 29.9 Å². The minimum Gasteiger partial charge on any atom is -0.437 e. The van der Waals surface area contributed by atoms with Crippen LogP contribution < -0.4 is 17.0 Å². The van der Waals surface area contributed by atoms with Gasteiger partial charge in [0.15, 0.2) is 41.3 Å². The number of esters is 2. The zero-order valence-corrected chi connectivity index (χ0v) is 35.1. The second-order valence-electron chi connectivity index (χ2n) is 15.9. The van der Waals surface area contributed by atoms with E-state index >= 15 is 4.39 Å². The summed E-state index contributed by atoms with van der Waals surface area (Å²) in [5, 5.41) is 11.7. The maximum absolute atomic E-state index is 16.8. The molecular weight excluding hydrogens is 861 g/mol. The predicted octanol–water partition coefficient (Wildman–Crippen LogP) is 1.78. The number of nitrogens with two attached hydrogens (primary N) is 2. The number of halogens is 1. The van der Waals surface area contributed by atoms with Gasteiger partial charge in [-0.2, -0.15) is 4.98 Å². The molecule has 4 unspecified atom stereocenters. The topological polar surface area (TPSA) is 340 Å². The fourth-order valence-electron chi connectivity index (χ4n) is 6.10. The van der Waals surface area contributed by atoms with Crippen molar-refractivity contribution in [3.8, 4) is 0 Å². The summed E-state index contributed by atoms with van der Waals surface area (Å²) < 4.78 is 104. The Bertz CT molecular complexity index is 2460. The van der Waals surface area contributed by atoms with Crippen LogP contribution in [0.4, 0.5) is 16.2 Å². The van der Waals surface area contributed by atoms with E-state index in [9.17, 15) is 28.6 Å². The molecule has 7 rings (SSSR count). The summed E-state index contributed by atoms with van der Waals surface area (Å²) >= 11 is 0. The number of nitrogens with one attached hydrogen (secondary N) is 1. The standard InChI is InChI=1S/C32H43FN10O16P2/c1-31(2,3)28(46)50-12-54-60(48)52-7-14-19(44)21(27(56-14)43-11-39-18-24(43)40-30(35)41-25(18)45)59-61(49,55-13-51-29(47)32(4,5)6)53-8-15-20(58-60)16(33)26(57-15)42-10-38-17-22(34)36-9-37-23(17)42/h9-11,14-16,19-21,26-27,44H,7-8,12-13H2,1-6H3,(H2,34,36,37)(H3,35,40,41,45)/t14-,15-,16+,19?,20?,21+,26-,27-,60?,61?/m1/s1. The number of aromatic amines is 1. The molecule has 29 heteroatoms. The Morgan fingerprint density at radius 3 is 1.98 bits per heavy atom. The minimum absolute atomic E-state index is 0.0247. The summed E-state index contributed by atoms with van der Waals surface area (Å²) in [7, 11) is -10.3. The second kappa shape index (κ2) is 16.6. The van der Waals surface area contributed by atoms with Gasteiger partial charge in [0, 0.05) is 0 Å². The third kappa shape index (κ3) is 9.18. The summed E-state index contributed by atoms with van der Waals surface area (Å²) in [6.45, 7) is 5.40. The van der Waals surface area contributed by atoms with Gasteiger partial charge in [0.2, 0.25) is 19.5 Å². The van der Waals surface area contributed by atoms with Crippen molar-refractivity contribution < 1.29 is 74.3 Å². The number of hydrogen-bond donors (Lipinski definition) is 4. The van der Waals surface area contributed by atoms with E-state index in [-0.39, 0.29) is 34.1 Å².